The fourth-order valence-electron chi connectivity index (χ4n) is 1.40. The Labute approximate surface area is 130 Å². The molecule has 2 N–H and O–H groups in total. The zero-order valence-corrected chi connectivity index (χ0v) is 13.7. The Kier molecular flexibility index (Phi) is 4.63. The van der Waals surface area contributed by atoms with E-state index in [0.29, 0.717) is 12.1 Å². The number of phenols is 1. The molecule has 0 fully saturated rings. The van der Waals surface area contributed by atoms with E-state index >= 15 is 0 Å². The average Bonchev–Trinajstić information content (AvgIpc) is 2.75. The summed E-state index contributed by atoms with van der Waals surface area (Å²) < 4.78 is 1.92. The van der Waals surface area contributed by atoms with Crippen molar-refractivity contribution < 1.29 is 9.90 Å². The highest BCUT2D eigenvalue weighted by Gasteiger charge is 2.11. The summed E-state index contributed by atoms with van der Waals surface area (Å²) in [5, 5.41) is 14.4. The van der Waals surface area contributed by atoms with Crippen LogP contribution in [0.5, 0.6) is 5.75 Å². The fourth-order valence-corrected chi connectivity index (χ4v) is 3.28. The molecule has 0 bridgehead atoms. The largest absolute Gasteiger partial charge is 0.507 e. The van der Waals surface area contributed by atoms with Crippen molar-refractivity contribution in [3.63, 3.8) is 0 Å². The van der Waals surface area contributed by atoms with Crippen LogP contribution in [0.3, 0.4) is 0 Å². The Morgan fingerprint density at radius 1 is 1.44 bits per heavy atom. The van der Waals surface area contributed by atoms with Gasteiger partial charge in [0.05, 0.1) is 12.1 Å². The molecular weight excluding hydrogens is 429 g/mol. The van der Waals surface area contributed by atoms with Gasteiger partial charge in [0.15, 0.2) is 0 Å². The molecule has 2 aromatic rings. The highest BCUT2D eigenvalue weighted by molar-refractivity contribution is 14.1. The molecule has 3 nitrogen and oxygen atoms in total. The Bertz CT molecular complexity index is 585. The molecule has 0 aliphatic carbocycles. The van der Waals surface area contributed by atoms with Gasteiger partial charge in [-0.1, -0.05) is 0 Å². The van der Waals surface area contributed by atoms with Gasteiger partial charge >= 0.3 is 0 Å². The number of nitrogens with one attached hydrogen (secondary N) is 1. The average molecular weight is 438 g/mol. The highest BCUT2D eigenvalue weighted by Crippen LogP contribution is 2.21. The van der Waals surface area contributed by atoms with Crippen LogP contribution < -0.4 is 5.32 Å². The molecule has 18 heavy (non-hydrogen) atoms. The summed E-state index contributed by atoms with van der Waals surface area (Å²) in [6.07, 6.45) is 0. The van der Waals surface area contributed by atoms with Crippen molar-refractivity contribution >= 4 is 55.8 Å². The van der Waals surface area contributed by atoms with Gasteiger partial charge in [0, 0.05) is 18.3 Å². The molecule has 1 amide bonds. The smallest absolute Gasteiger partial charge is 0.255 e. The third-order valence-corrected chi connectivity index (χ3v) is 4.62. The van der Waals surface area contributed by atoms with E-state index in [4.69, 9.17) is 0 Å². The first-order chi connectivity index (χ1) is 8.56. The van der Waals surface area contributed by atoms with Crippen LogP contribution in [0.4, 0.5) is 0 Å². The van der Waals surface area contributed by atoms with Crippen LogP contribution in [0.25, 0.3) is 0 Å². The van der Waals surface area contributed by atoms with Gasteiger partial charge in [-0.3, -0.25) is 4.79 Å². The molecule has 0 saturated heterocycles. The van der Waals surface area contributed by atoms with E-state index in [1.807, 2.05) is 11.4 Å². The molecule has 0 saturated carbocycles. The Morgan fingerprint density at radius 2 is 2.22 bits per heavy atom. The summed E-state index contributed by atoms with van der Waals surface area (Å²) in [6, 6.07) is 6.90. The van der Waals surface area contributed by atoms with Crippen LogP contribution in [0, 0.1) is 3.57 Å². The number of carbonyl (C=O) groups is 1. The van der Waals surface area contributed by atoms with Gasteiger partial charge in [-0.2, -0.15) is 0 Å². The third-order valence-electron chi connectivity index (χ3n) is 2.25. The van der Waals surface area contributed by atoms with Crippen LogP contribution in [0.2, 0.25) is 0 Å². The molecule has 0 aliphatic rings. The number of amides is 1. The van der Waals surface area contributed by atoms with Crippen LogP contribution in [0.1, 0.15) is 15.2 Å². The second-order valence-electron chi connectivity index (χ2n) is 3.58. The maximum atomic E-state index is 11.9. The minimum absolute atomic E-state index is 0.000256. The summed E-state index contributed by atoms with van der Waals surface area (Å²) in [5.41, 5.74) is 0.303. The van der Waals surface area contributed by atoms with Crippen molar-refractivity contribution in [1.29, 1.82) is 0 Å². The minimum atomic E-state index is -0.268. The Morgan fingerprint density at radius 3 is 2.89 bits per heavy atom. The lowest BCUT2D eigenvalue weighted by atomic mass is 10.2. The standard InChI is InChI=1S/C12H9BrINO2S/c13-7-3-9(18-6-7)5-15-12(17)10-4-8(14)1-2-11(10)16/h1-4,6,16H,5H2,(H,15,17). The van der Waals surface area contributed by atoms with Crippen molar-refractivity contribution in [1.82, 2.24) is 5.32 Å². The molecular formula is C12H9BrINO2S. The van der Waals surface area contributed by atoms with Gasteiger partial charge in [0.25, 0.3) is 5.91 Å². The van der Waals surface area contributed by atoms with E-state index in [2.05, 4.69) is 43.8 Å². The van der Waals surface area contributed by atoms with E-state index in [9.17, 15) is 9.90 Å². The number of phenolic OH excluding ortho intramolecular Hbond substituents is 1. The summed E-state index contributed by atoms with van der Waals surface area (Å²) in [4.78, 5) is 13.0. The first-order valence-electron chi connectivity index (χ1n) is 5.06. The van der Waals surface area contributed by atoms with Gasteiger partial charge < -0.3 is 10.4 Å². The molecule has 1 aromatic heterocycles. The lowest BCUT2D eigenvalue weighted by Crippen LogP contribution is -2.22. The monoisotopic (exact) mass is 437 g/mol. The first kappa shape index (κ1) is 13.8. The number of hydrogen-bond donors (Lipinski definition) is 2. The number of carbonyl (C=O) groups excluding carboxylic acids is 1. The molecule has 0 unspecified atom stereocenters. The molecule has 0 radical (unpaired) electrons. The topological polar surface area (TPSA) is 49.3 Å². The van der Waals surface area contributed by atoms with Crippen LogP contribution in [-0.4, -0.2) is 11.0 Å². The summed E-state index contributed by atoms with van der Waals surface area (Å²) in [5.74, 6) is -0.268. The SMILES string of the molecule is O=C(NCc1cc(Br)cs1)c1cc(I)ccc1O. The molecule has 1 heterocycles. The quantitative estimate of drug-likeness (QED) is 0.718. The molecule has 0 aliphatic heterocycles. The van der Waals surface area contributed by atoms with E-state index in [1.165, 1.54) is 6.07 Å². The second-order valence-corrected chi connectivity index (χ2v) is 6.73. The van der Waals surface area contributed by atoms with Crippen molar-refractivity contribution in [3.8, 4) is 5.75 Å². The zero-order valence-electron chi connectivity index (χ0n) is 9.11. The molecule has 94 valence electrons. The normalized spacial score (nSPS) is 10.3. The number of benzene rings is 1. The summed E-state index contributed by atoms with van der Waals surface area (Å²) in [7, 11) is 0. The van der Waals surface area contributed by atoms with Crippen LogP contribution in [-0.2, 0) is 6.54 Å². The molecule has 6 heteroatoms. The third kappa shape index (κ3) is 3.46. The Hall–Kier alpha value is -0.600. The van der Waals surface area contributed by atoms with Crippen molar-refractivity contribution in [2.75, 3.05) is 0 Å². The second kappa shape index (κ2) is 6.03. The van der Waals surface area contributed by atoms with E-state index in [1.54, 1.807) is 23.5 Å². The van der Waals surface area contributed by atoms with Gasteiger partial charge in [-0.25, -0.2) is 0 Å². The predicted molar refractivity (Wildman–Crippen MR) is 84.0 cm³/mol. The number of hydrogen-bond acceptors (Lipinski definition) is 3. The molecule has 2 rings (SSSR count). The zero-order chi connectivity index (χ0) is 13.1. The van der Waals surface area contributed by atoms with Gasteiger partial charge in [-0.05, 0) is 62.8 Å². The Balaban J connectivity index is 2.05. The van der Waals surface area contributed by atoms with Gasteiger partial charge in [-0.15, -0.1) is 11.3 Å². The summed E-state index contributed by atoms with van der Waals surface area (Å²) >= 11 is 7.03. The van der Waals surface area contributed by atoms with Crippen molar-refractivity contribution in [2.45, 2.75) is 6.54 Å². The van der Waals surface area contributed by atoms with Gasteiger partial charge in [0.1, 0.15) is 5.75 Å². The number of aromatic hydroxyl groups is 1. The van der Waals surface area contributed by atoms with Crippen LogP contribution in [0.15, 0.2) is 34.1 Å². The highest BCUT2D eigenvalue weighted by atomic mass is 127. The van der Waals surface area contributed by atoms with E-state index < -0.39 is 0 Å². The lowest BCUT2D eigenvalue weighted by molar-refractivity contribution is 0.0948. The number of halogens is 2. The minimum Gasteiger partial charge on any atom is -0.507 e. The number of rotatable bonds is 3. The fraction of sp³-hybridized carbons (Fsp3) is 0.0833. The lowest BCUT2D eigenvalue weighted by Gasteiger charge is -2.06. The predicted octanol–water partition coefficient (Wildman–Crippen LogP) is 3.75. The van der Waals surface area contributed by atoms with E-state index in [0.717, 1.165) is 12.9 Å². The molecule has 1 aromatic carbocycles. The van der Waals surface area contributed by atoms with Crippen molar-refractivity contribution in [3.05, 3.63) is 48.1 Å². The first-order valence-corrected chi connectivity index (χ1v) is 7.81. The van der Waals surface area contributed by atoms with E-state index in [-0.39, 0.29) is 11.7 Å². The summed E-state index contributed by atoms with van der Waals surface area (Å²) in [6.45, 7) is 0.458. The maximum absolute atomic E-state index is 11.9. The molecule has 0 spiro atoms. The van der Waals surface area contributed by atoms with Crippen LogP contribution >= 0.6 is 49.9 Å². The van der Waals surface area contributed by atoms with Crippen molar-refractivity contribution in [2.24, 2.45) is 0 Å². The maximum Gasteiger partial charge on any atom is 0.255 e. The van der Waals surface area contributed by atoms with Gasteiger partial charge in [0.2, 0.25) is 0 Å². The number of thiophene rings is 1. The molecule has 0 atom stereocenters.